The summed E-state index contributed by atoms with van der Waals surface area (Å²) < 4.78 is 23.5. The Labute approximate surface area is 131 Å². The summed E-state index contributed by atoms with van der Waals surface area (Å²) in [5, 5.41) is 1.30. The lowest BCUT2D eigenvalue weighted by atomic mass is 9.98. The van der Waals surface area contributed by atoms with Crippen molar-refractivity contribution in [1.82, 2.24) is 9.88 Å². The standard InChI is InChI=1S/C17H22N2O2S/c1-22(20,21)17(7-8-17)12-19-9-6-13(11-19)15-10-18-16-5-3-2-4-14(15)16/h2-5,10,13,18H,6-9,11-12H2,1H3/t13-/m0/s1. The summed E-state index contributed by atoms with van der Waals surface area (Å²) in [5.41, 5.74) is 2.56. The van der Waals surface area contributed by atoms with Gasteiger partial charge in [0.2, 0.25) is 0 Å². The highest BCUT2D eigenvalue weighted by Gasteiger charge is 2.53. The summed E-state index contributed by atoms with van der Waals surface area (Å²) in [6, 6.07) is 8.40. The number of aromatic nitrogens is 1. The second-order valence-electron chi connectivity index (χ2n) is 6.97. The average molecular weight is 318 g/mol. The molecule has 1 saturated heterocycles. The molecule has 2 aromatic rings. The quantitative estimate of drug-likeness (QED) is 0.942. The maximum atomic E-state index is 12.0. The Morgan fingerprint density at radius 1 is 1.32 bits per heavy atom. The van der Waals surface area contributed by atoms with Crippen molar-refractivity contribution < 1.29 is 8.42 Å². The van der Waals surface area contributed by atoms with Crippen molar-refractivity contribution in [3.8, 4) is 0 Å². The van der Waals surface area contributed by atoms with E-state index in [0.717, 1.165) is 32.4 Å². The molecule has 0 radical (unpaired) electrons. The van der Waals surface area contributed by atoms with Crippen LogP contribution in [0.15, 0.2) is 30.5 Å². The Morgan fingerprint density at radius 2 is 2.09 bits per heavy atom. The van der Waals surface area contributed by atoms with Gasteiger partial charge in [-0.05, 0) is 43.4 Å². The van der Waals surface area contributed by atoms with Gasteiger partial charge in [0.05, 0.1) is 4.75 Å². The molecular formula is C17H22N2O2S. The van der Waals surface area contributed by atoms with E-state index in [1.165, 1.54) is 22.7 Å². The van der Waals surface area contributed by atoms with Gasteiger partial charge < -0.3 is 9.88 Å². The second-order valence-corrected chi connectivity index (χ2v) is 9.38. The van der Waals surface area contributed by atoms with Crippen LogP contribution in [0.5, 0.6) is 0 Å². The first kappa shape index (κ1) is 14.3. The predicted molar refractivity (Wildman–Crippen MR) is 88.9 cm³/mol. The van der Waals surface area contributed by atoms with Crippen molar-refractivity contribution in [2.75, 3.05) is 25.9 Å². The Kier molecular flexibility index (Phi) is 3.13. The van der Waals surface area contributed by atoms with Crippen LogP contribution >= 0.6 is 0 Å². The van der Waals surface area contributed by atoms with Gasteiger partial charge in [0.25, 0.3) is 0 Å². The van der Waals surface area contributed by atoms with Crippen LogP contribution in [0, 0.1) is 0 Å². The number of H-pyrrole nitrogens is 1. The number of fused-ring (bicyclic) bond motifs is 1. The Hall–Kier alpha value is -1.33. The molecule has 1 aliphatic heterocycles. The van der Waals surface area contributed by atoms with Gasteiger partial charge in [-0.2, -0.15) is 0 Å². The van der Waals surface area contributed by atoms with E-state index in [0.29, 0.717) is 12.5 Å². The molecule has 2 fully saturated rings. The monoisotopic (exact) mass is 318 g/mol. The van der Waals surface area contributed by atoms with E-state index in [1.54, 1.807) is 0 Å². The van der Waals surface area contributed by atoms with E-state index in [-0.39, 0.29) is 0 Å². The van der Waals surface area contributed by atoms with Crippen molar-refractivity contribution in [3.05, 3.63) is 36.0 Å². The topological polar surface area (TPSA) is 53.2 Å². The molecule has 0 spiro atoms. The number of para-hydroxylation sites is 1. The van der Waals surface area contributed by atoms with E-state index < -0.39 is 14.6 Å². The van der Waals surface area contributed by atoms with Crippen LogP contribution in [0.2, 0.25) is 0 Å². The van der Waals surface area contributed by atoms with Gasteiger partial charge in [-0.25, -0.2) is 8.42 Å². The highest BCUT2D eigenvalue weighted by molar-refractivity contribution is 7.92. The highest BCUT2D eigenvalue weighted by Crippen LogP contribution is 2.45. The minimum Gasteiger partial charge on any atom is -0.361 e. The van der Waals surface area contributed by atoms with E-state index in [9.17, 15) is 8.42 Å². The van der Waals surface area contributed by atoms with Crippen LogP contribution in [0.1, 0.15) is 30.7 Å². The number of hydrogen-bond donors (Lipinski definition) is 1. The number of likely N-dealkylation sites (tertiary alicyclic amines) is 1. The van der Waals surface area contributed by atoms with Crippen molar-refractivity contribution >= 4 is 20.7 Å². The molecule has 1 aliphatic carbocycles. The maximum Gasteiger partial charge on any atom is 0.154 e. The van der Waals surface area contributed by atoms with Crippen LogP contribution in [0.3, 0.4) is 0 Å². The summed E-state index contributed by atoms with van der Waals surface area (Å²) in [6.07, 6.45) is 6.30. The van der Waals surface area contributed by atoms with Gasteiger partial charge in [0.1, 0.15) is 0 Å². The Balaban J connectivity index is 1.51. The third-order valence-electron chi connectivity index (χ3n) is 5.44. The van der Waals surface area contributed by atoms with Gasteiger partial charge in [0, 0.05) is 36.4 Å². The highest BCUT2D eigenvalue weighted by atomic mass is 32.2. The molecule has 1 atom stereocenters. The van der Waals surface area contributed by atoms with Crippen LogP contribution in [0.4, 0.5) is 0 Å². The molecule has 0 bridgehead atoms. The second kappa shape index (κ2) is 4.83. The maximum absolute atomic E-state index is 12.0. The average Bonchev–Trinajstić information content (AvgIpc) is 2.95. The molecule has 118 valence electrons. The van der Waals surface area contributed by atoms with Gasteiger partial charge in [-0.3, -0.25) is 0 Å². The van der Waals surface area contributed by atoms with Crippen molar-refractivity contribution in [2.45, 2.75) is 29.9 Å². The molecular weight excluding hydrogens is 296 g/mol. The third kappa shape index (κ3) is 2.27. The zero-order valence-corrected chi connectivity index (χ0v) is 13.7. The minimum absolute atomic E-state index is 0.442. The summed E-state index contributed by atoms with van der Waals surface area (Å²) in [4.78, 5) is 5.70. The van der Waals surface area contributed by atoms with Crippen molar-refractivity contribution in [2.24, 2.45) is 0 Å². The lowest BCUT2D eigenvalue weighted by Gasteiger charge is -2.22. The molecule has 1 aromatic heterocycles. The van der Waals surface area contributed by atoms with E-state index in [2.05, 4.69) is 34.3 Å². The number of benzene rings is 1. The fourth-order valence-corrected chi connectivity index (χ4v) is 5.12. The first-order valence-electron chi connectivity index (χ1n) is 7.96. The van der Waals surface area contributed by atoms with Gasteiger partial charge in [0.15, 0.2) is 9.84 Å². The third-order valence-corrected chi connectivity index (χ3v) is 7.55. The lowest BCUT2D eigenvalue weighted by Crippen LogP contribution is -2.37. The predicted octanol–water partition coefficient (Wildman–Crippen LogP) is 2.53. The van der Waals surface area contributed by atoms with Gasteiger partial charge in [-0.15, -0.1) is 0 Å². The fraction of sp³-hybridized carbons (Fsp3) is 0.529. The van der Waals surface area contributed by atoms with E-state index in [1.807, 2.05) is 6.07 Å². The minimum atomic E-state index is -2.93. The van der Waals surface area contributed by atoms with Gasteiger partial charge >= 0.3 is 0 Å². The summed E-state index contributed by atoms with van der Waals surface area (Å²) in [5.74, 6) is 0.506. The lowest BCUT2D eigenvalue weighted by molar-refractivity contribution is 0.325. The zero-order valence-electron chi connectivity index (χ0n) is 12.9. The molecule has 22 heavy (non-hydrogen) atoms. The zero-order chi connectivity index (χ0) is 15.4. The molecule has 1 saturated carbocycles. The number of hydrogen-bond acceptors (Lipinski definition) is 3. The smallest absolute Gasteiger partial charge is 0.154 e. The molecule has 2 heterocycles. The number of aromatic amines is 1. The summed E-state index contributed by atoms with van der Waals surface area (Å²) in [6.45, 7) is 2.69. The Morgan fingerprint density at radius 3 is 2.82 bits per heavy atom. The number of sulfone groups is 1. The molecule has 4 nitrogen and oxygen atoms in total. The number of nitrogens with zero attached hydrogens (tertiary/aromatic N) is 1. The molecule has 0 amide bonds. The van der Waals surface area contributed by atoms with E-state index >= 15 is 0 Å². The summed E-state index contributed by atoms with van der Waals surface area (Å²) in [7, 11) is -2.93. The SMILES string of the molecule is CS(=O)(=O)C1(CN2CC[C@H](c3c[nH]c4ccccc34)C2)CC1. The summed E-state index contributed by atoms with van der Waals surface area (Å²) >= 11 is 0. The van der Waals surface area contributed by atoms with Crippen LogP contribution < -0.4 is 0 Å². The van der Waals surface area contributed by atoms with Crippen molar-refractivity contribution in [3.63, 3.8) is 0 Å². The number of rotatable bonds is 4. The number of nitrogens with one attached hydrogen (secondary N) is 1. The first-order valence-corrected chi connectivity index (χ1v) is 9.86. The largest absolute Gasteiger partial charge is 0.361 e. The van der Waals surface area contributed by atoms with Crippen LogP contribution in [0.25, 0.3) is 10.9 Å². The molecule has 1 aromatic carbocycles. The molecule has 4 rings (SSSR count). The normalized spacial score (nSPS) is 24.9. The molecule has 1 N–H and O–H groups in total. The van der Waals surface area contributed by atoms with Crippen molar-refractivity contribution in [1.29, 1.82) is 0 Å². The molecule has 2 aliphatic rings. The Bertz CT molecular complexity index is 805. The molecule has 5 heteroatoms. The van der Waals surface area contributed by atoms with Crippen LogP contribution in [-0.4, -0.2) is 48.9 Å². The first-order chi connectivity index (χ1) is 10.5. The van der Waals surface area contributed by atoms with Gasteiger partial charge in [-0.1, -0.05) is 18.2 Å². The molecule has 0 unspecified atom stereocenters. The fourth-order valence-electron chi connectivity index (χ4n) is 3.85. The van der Waals surface area contributed by atoms with E-state index in [4.69, 9.17) is 0 Å². The van der Waals surface area contributed by atoms with Crippen LogP contribution in [-0.2, 0) is 9.84 Å².